The largest absolute Gasteiger partial charge is 0.318 e. The molecular formula is CH3FIO2P. The van der Waals surface area contributed by atoms with Crippen molar-refractivity contribution in [1.29, 1.82) is 0 Å². The average molecular weight is 224 g/mol. The molecule has 2 nitrogen and oxygen atoms in total. The predicted molar refractivity (Wildman–Crippen MR) is 30.1 cm³/mol. The van der Waals surface area contributed by atoms with Gasteiger partial charge in [0.15, 0.2) is 0 Å². The molecule has 1 atom stereocenters. The third kappa shape index (κ3) is 5.01. The van der Waals surface area contributed by atoms with Crippen LogP contribution in [0, 0.1) is 0 Å². The Balaban J connectivity index is 2.63. The van der Waals surface area contributed by atoms with E-state index in [2.05, 4.69) is 9.56 Å². The Morgan fingerprint density at radius 2 is 2.33 bits per heavy atom. The van der Waals surface area contributed by atoms with Crippen LogP contribution in [-0.4, -0.2) is 7.11 Å². The number of halogens is 2. The monoisotopic (exact) mass is 224 g/mol. The Bertz CT molecular complexity index is 34.7. The van der Waals surface area contributed by atoms with Gasteiger partial charge in [-0.3, -0.25) is 0 Å². The minimum Gasteiger partial charge on any atom is -0.233 e. The van der Waals surface area contributed by atoms with E-state index in [1.807, 2.05) is 0 Å². The normalized spacial score (nSPS) is 14.5. The molecule has 0 rings (SSSR count). The van der Waals surface area contributed by atoms with E-state index < -0.39 is 6.10 Å². The highest BCUT2D eigenvalue weighted by molar-refractivity contribution is 14.2. The maximum absolute atomic E-state index is 11.4. The molecule has 6 heavy (non-hydrogen) atoms. The van der Waals surface area contributed by atoms with E-state index in [4.69, 9.17) is 0 Å². The Morgan fingerprint density at radius 1 is 1.83 bits per heavy atom. The van der Waals surface area contributed by atoms with Gasteiger partial charge in [-0.1, -0.05) is 0 Å². The lowest BCUT2D eigenvalue weighted by Crippen LogP contribution is -1.70. The van der Waals surface area contributed by atoms with Gasteiger partial charge in [0.25, 0.3) is 0 Å². The van der Waals surface area contributed by atoms with Crippen molar-refractivity contribution in [3.63, 3.8) is 0 Å². The third-order valence-electron chi connectivity index (χ3n) is 0.131. The first-order valence-electron chi connectivity index (χ1n) is 1.10. The maximum Gasteiger partial charge on any atom is 0.318 e. The highest BCUT2D eigenvalue weighted by Crippen LogP contribution is 2.47. The Labute approximate surface area is 49.4 Å². The molecule has 0 bridgehead atoms. The van der Waals surface area contributed by atoms with Gasteiger partial charge < -0.3 is 0 Å². The van der Waals surface area contributed by atoms with Gasteiger partial charge >= 0.3 is 6.10 Å². The zero-order valence-electron chi connectivity index (χ0n) is 3.02. The minimum absolute atomic E-state index is 1.27. The molecule has 0 heterocycles. The molecule has 0 aliphatic heterocycles. The summed E-state index contributed by atoms with van der Waals surface area (Å²) >= 11 is 1.49. The van der Waals surface area contributed by atoms with E-state index in [0.717, 1.165) is 0 Å². The van der Waals surface area contributed by atoms with Crippen LogP contribution in [0.1, 0.15) is 0 Å². The van der Waals surface area contributed by atoms with Crippen molar-refractivity contribution in [2.45, 2.75) is 0 Å². The third-order valence-corrected chi connectivity index (χ3v) is 0.875. The van der Waals surface area contributed by atoms with Crippen molar-refractivity contribution in [2.75, 3.05) is 7.11 Å². The standard InChI is InChI=1S/CH3FIO2P/c1-4-5-6(2)3/h1H3. The molecule has 38 valence electrons. The predicted octanol–water partition coefficient (Wildman–Crippen LogP) is 2.20. The van der Waals surface area contributed by atoms with Gasteiger partial charge in [-0.25, -0.2) is 4.89 Å². The molecule has 0 aromatic heterocycles. The lowest BCUT2D eigenvalue weighted by molar-refractivity contribution is -0.170. The fraction of sp³-hybridized carbons (Fsp3) is 1.00. The highest BCUT2D eigenvalue weighted by atomic mass is 127. The molecule has 0 aromatic carbocycles. The molecule has 0 aliphatic carbocycles. The molecule has 0 saturated carbocycles. The molecular weight excluding hydrogens is 221 g/mol. The summed E-state index contributed by atoms with van der Waals surface area (Å²) in [6.45, 7) is 0. The number of hydrogen-bond acceptors (Lipinski definition) is 2. The van der Waals surface area contributed by atoms with Crippen molar-refractivity contribution < 1.29 is 13.8 Å². The zero-order valence-corrected chi connectivity index (χ0v) is 6.07. The van der Waals surface area contributed by atoms with Crippen LogP contribution in [0.2, 0.25) is 0 Å². The van der Waals surface area contributed by atoms with E-state index in [1.165, 1.54) is 29.2 Å². The Morgan fingerprint density at radius 3 is 2.33 bits per heavy atom. The Hall–Kier alpha value is 1.01. The second-order valence-electron chi connectivity index (χ2n) is 0.443. The van der Waals surface area contributed by atoms with Crippen molar-refractivity contribution in [2.24, 2.45) is 0 Å². The van der Waals surface area contributed by atoms with Crippen molar-refractivity contribution in [3.05, 3.63) is 0 Å². The minimum atomic E-state index is -1.85. The van der Waals surface area contributed by atoms with Crippen LogP contribution in [0.5, 0.6) is 0 Å². The van der Waals surface area contributed by atoms with Crippen LogP contribution >= 0.6 is 28.1 Å². The van der Waals surface area contributed by atoms with Crippen LogP contribution in [0.3, 0.4) is 0 Å². The molecule has 0 N–H and O–H groups in total. The van der Waals surface area contributed by atoms with Crippen LogP contribution in [-0.2, 0) is 9.56 Å². The van der Waals surface area contributed by atoms with E-state index >= 15 is 0 Å². The van der Waals surface area contributed by atoms with E-state index in [-0.39, 0.29) is 0 Å². The molecule has 0 aliphatic rings. The van der Waals surface area contributed by atoms with Gasteiger partial charge in [0, 0.05) is 22.0 Å². The van der Waals surface area contributed by atoms with Crippen molar-refractivity contribution in [3.8, 4) is 0 Å². The van der Waals surface area contributed by atoms with Gasteiger partial charge in [0.05, 0.1) is 7.11 Å². The number of hydrogen-bond donors (Lipinski definition) is 0. The molecule has 0 radical (unpaired) electrons. The van der Waals surface area contributed by atoms with E-state index in [9.17, 15) is 4.20 Å². The van der Waals surface area contributed by atoms with Crippen LogP contribution in [0.4, 0.5) is 4.20 Å². The average Bonchev–Trinajstić information content (AvgIpc) is 1.35. The van der Waals surface area contributed by atoms with Gasteiger partial charge in [-0.2, -0.15) is 8.87 Å². The quantitative estimate of drug-likeness (QED) is 0.309. The summed E-state index contributed by atoms with van der Waals surface area (Å²) in [6, 6.07) is 0. The first-order chi connectivity index (χ1) is 2.77. The molecule has 0 amide bonds. The molecule has 1 unspecified atom stereocenters. The second-order valence-corrected chi connectivity index (χ2v) is 3.27. The summed E-state index contributed by atoms with van der Waals surface area (Å²) in [5, 5.41) is 0. The second kappa shape index (κ2) is 4.18. The lowest BCUT2D eigenvalue weighted by atomic mass is 11.8. The summed E-state index contributed by atoms with van der Waals surface area (Å²) in [4.78, 5) is 3.95. The maximum atomic E-state index is 11.4. The lowest BCUT2D eigenvalue weighted by Gasteiger charge is -1.91. The van der Waals surface area contributed by atoms with E-state index in [0.29, 0.717) is 0 Å². The SMILES string of the molecule is COOP(F)I. The molecule has 0 saturated heterocycles. The van der Waals surface area contributed by atoms with Crippen molar-refractivity contribution in [1.82, 2.24) is 0 Å². The summed E-state index contributed by atoms with van der Waals surface area (Å²) in [5.74, 6) is 0. The summed E-state index contributed by atoms with van der Waals surface area (Å²) in [6.07, 6.45) is -1.85. The molecule has 0 spiro atoms. The number of rotatable bonds is 2. The first kappa shape index (κ1) is 7.01. The van der Waals surface area contributed by atoms with Gasteiger partial charge in [-0.15, -0.1) is 0 Å². The summed E-state index contributed by atoms with van der Waals surface area (Å²) in [5.41, 5.74) is 0. The molecule has 5 heteroatoms. The smallest absolute Gasteiger partial charge is 0.233 e. The van der Waals surface area contributed by atoms with Crippen LogP contribution in [0.15, 0.2) is 0 Å². The highest BCUT2D eigenvalue weighted by Gasteiger charge is 1.96. The molecule has 0 aromatic rings. The van der Waals surface area contributed by atoms with Gasteiger partial charge in [0.2, 0.25) is 0 Å². The first-order valence-corrected chi connectivity index (χ1v) is 5.03. The van der Waals surface area contributed by atoms with Crippen LogP contribution in [0.25, 0.3) is 0 Å². The zero-order chi connectivity index (χ0) is 4.99. The summed E-state index contributed by atoms with van der Waals surface area (Å²) in [7, 11) is 1.27. The fourth-order valence-corrected chi connectivity index (χ4v) is 0.651. The van der Waals surface area contributed by atoms with Crippen molar-refractivity contribution >= 4 is 28.1 Å². The molecule has 0 fully saturated rings. The van der Waals surface area contributed by atoms with Gasteiger partial charge in [0.1, 0.15) is 0 Å². The van der Waals surface area contributed by atoms with Crippen LogP contribution < -0.4 is 0 Å². The van der Waals surface area contributed by atoms with E-state index in [1.54, 1.807) is 0 Å². The topological polar surface area (TPSA) is 18.5 Å². The Kier molecular flexibility index (Phi) is 4.88. The van der Waals surface area contributed by atoms with Gasteiger partial charge in [-0.05, 0) is 0 Å². The fourth-order valence-electron chi connectivity index (χ4n) is 0.0563. The summed E-state index contributed by atoms with van der Waals surface area (Å²) < 4.78 is 15.3.